The third kappa shape index (κ3) is 2.25. The highest BCUT2D eigenvalue weighted by atomic mass is 35.5. The number of para-hydroxylation sites is 1. The Morgan fingerprint density at radius 1 is 1.11 bits per heavy atom. The molecular weight excluding hydrogens is 258 g/mol. The van der Waals surface area contributed by atoms with Gasteiger partial charge < -0.3 is 10.2 Å². The van der Waals surface area contributed by atoms with Crippen molar-refractivity contribution >= 4 is 22.6 Å². The van der Waals surface area contributed by atoms with Crippen molar-refractivity contribution in [3.05, 3.63) is 59.1 Å². The van der Waals surface area contributed by atoms with E-state index in [1.807, 2.05) is 55.5 Å². The fourth-order valence-electron chi connectivity index (χ4n) is 2.17. The van der Waals surface area contributed by atoms with Gasteiger partial charge in [-0.25, -0.2) is 0 Å². The molecule has 0 amide bonds. The number of hydrogen-bond acceptors (Lipinski definition) is 2. The molecule has 3 rings (SSSR count). The summed E-state index contributed by atoms with van der Waals surface area (Å²) in [6.45, 7) is 1.92. The maximum Gasteiger partial charge on any atom is 0.135 e. The predicted molar refractivity (Wildman–Crippen MR) is 79.3 cm³/mol. The van der Waals surface area contributed by atoms with Crippen molar-refractivity contribution in [1.82, 2.24) is 0 Å². The van der Waals surface area contributed by atoms with E-state index in [4.69, 9.17) is 21.8 Å². The number of halogens is 1. The maximum absolute atomic E-state index is 6.25. The van der Waals surface area contributed by atoms with Gasteiger partial charge in [-0.1, -0.05) is 41.9 Å². The largest absolute Gasteiger partial charge is 0.456 e. The van der Waals surface area contributed by atoms with E-state index in [1.54, 1.807) is 0 Å². The average molecular weight is 272 g/mol. The predicted octanol–water partition coefficient (Wildman–Crippen LogP) is 4.77. The van der Waals surface area contributed by atoms with Crippen LogP contribution in [0.5, 0.6) is 0 Å². The lowest BCUT2D eigenvalue weighted by Crippen LogP contribution is -2.05. The quantitative estimate of drug-likeness (QED) is 0.729. The minimum atomic E-state index is -0.0720. The van der Waals surface area contributed by atoms with Gasteiger partial charge >= 0.3 is 0 Å². The Labute approximate surface area is 116 Å². The van der Waals surface area contributed by atoms with Crippen LogP contribution in [0.4, 0.5) is 0 Å². The zero-order valence-electron chi connectivity index (χ0n) is 10.6. The molecule has 0 bridgehead atoms. The summed E-state index contributed by atoms with van der Waals surface area (Å²) in [6.07, 6.45) is 0. The van der Waals surface area contributed by atoms with E-state index in [9.17, 15) is 0 Å². The Bertz CT molecular complexity index is 697. The molecule has 1 heterocycles. The van der Waals surface area contributed by atoms with Crippen molar-refractivity contribution in [2.45, 2.75) is 13.0 Å². The Hall–Kier alpha value is -1.77. The molecule has 1 unspecified atom stereocenters. The molecule has 0 fully saturated rings. The molecule has 3 heteroatoms. The molecule has 1 atom stereocenters. The van der Waals surface area contributed by atoms with E-state index in [0.29, 0.717) is 5.02 Å². The first-order valence-corrected chi connectivity index (χ1v) is 6.57. The Balaban J connectivity index is 2.09. The van der Waals surface area contributed by atoms with Crippen molar-refractivity contribution in [2.24, 2.45) is 5.73 Å². The minimum Gasteiger partial charge on any atom is -0.456 e. The van der Waals surface area contributed by atoms with E-state index in [-0.39, 0.29) is 6.04 Å². The van der Waals surface area contributed by atoms with Crippen LogP contribution < -0.4 is 5.73 Å². The summed E-state index contributed by atoms with van der Waals surface area (Å²) in [5.74, 6) is 0.819. The maximum atomic E-state index is 6.25. The first kappa shape index (κ1) is 12.3. The molecule has 2 N–H and O–H groups in total. The van der Waals surface area contributed by atoms with E-state index in [2.05, 4.69) is 0 Å². The van der Waals surface area contributed by atoms with Crippen LogP contribution in [0.2, 0.25) is 5.02 Å². The highest BCUT2D eigenvalue weighted by molar-refractivity contribution is 6.31. The molecule has 2 aromatic carbocycles. The van der Waals surface area contributed by atoms with Crippen molar-refractivity contribution in [3.63, 3.8) is 0 Å². The van der Waals surface area contributed by atoms with Crippen LogP contribution in [0.1, 0.15) is 18.5 Å². The molecule has 0 radical (unpaired) electrons. The third-order valence-electron chi connectivity index (χ3n) is 3.20. The Morgan fingerprint density at radius 2 is 1.89 bits per heavy atom. The van der Waals surface area contributed by atoms with Gasteiger partial charge in [-0.15, -0.1) is 0 Å². The van der Waals surface area contributed by atoms with Crippen LogP contribution in [-0.4, -0.2) is 0 Å². The van der Waals surface area contributed by atoms with Gasteiger partial charge in [-0.3, -0.25) is 0 Å². The van der Waals surface area contributed by atoms with Crippen LogP contribution in [0.3, 0.4) is 0 Å². The van der Waals surface area contributed by atoms with Gasteiger partial charge in [0.15, 0.2) is 0 Å². The van der Waals surface area contributed by atoms with Crippen molar-refractivity contribution in [3.8, 4) is 11.3 Å². The van der Waals surface area contributed by atoms with Crippen LogP contribution in [0.25, 0.3) is 22.3 Å². The number of benzene rings is 2. The van der Waals surface area contributed by atoms with Gasteiger partial charge in [0.2, 0.25) is 0 Å². The first-order valence-electron chi connectivity index (χ1n) is 6.19. The molecule has 0 spiro atoms. The minimum absolute atomic E-state index is 0.0720. The molecule has 0 aliphatic heterocycles. The summed E-state index contributed by atoms with van der Waals surface area (Å²) in [6, 6.07) is 15.7. The van der Waals surface area contributed by atoms with Gasteiger partial charge in [0.25, 0.3) is 0 Å². The Kier molecular flexibility index (Phi) is 3.05. The second kappa shape index (κ2) is 4.72. The summed E-state index contributed by atoms with van der Waals surface area (Å²) in [4.78, 5) is 0. The number of furan rings is 1. The molecule has 0 saturated carbocycles. The second-order valence-electron chi connectivity index (χ2n) is 4.67. The standard InChI is InChI=1S/C16H14ClNO/c1-10(18)13-7-6-12(8-14(13)17)16-9-11-4-2-3-5-15(11)19-16/h2-10H,18H2,1H3. The SMILES string of the molecule is CC(N)c1ccc(-c2cc3ccccc3o2)cc1Cl. The zero-order valence-corrected chi connectivity index (χ0v) is 11.3. The fourth-order valence-corrected chi connectivity index (χ4v) is 2.53. The van der Waals surface area contributed by atoms with Crippen LogP contribution in [0, 0.1) is 0 Å². The van der Waals surface area contributed by atoms with Gasteiger partial charge in [0, 0.05) is 22.0 Å². The fraction of sp³-hybridized carbons (Fsp3) is 0.125. The van der Waals surface area contributed by atoms with Gasteiger partial charge in [-0.05, 0) is 30.7 Å². The number of rotatable bonds is 2. The van der Waals surface area contributed by atoms with Gasteiger partial charge in [-0.2, -0.15) is 0 Å². The summed E-state index contributed by atoms with van der Waals surface area (Å²) in [5, 5.41) is 1.76. The highest BCUT2D eigenvalue weighted by Gasteiger charge is 2.10. The van der Waals surface area contributed by atoms with E-state index in [1.165, 1.54) is 0 Å². The lowest BCUT2D eigenvalue weighted by molar-refractivity contribution is 0.631. The second-order valence-corrected chi connectivity index (χ2v) is 5.08. The number of fused-ring (bicyclic) bond motifs is 1. The molecule has 2 nitrogen and oxygen atoms in total. The molecule has 19 heavy (non-hydrogen) atoms. The average Bonchev–Trinajstić information content (AvgIpc) is 2.81. The first-order chi connectivity index (χ1) is 9.15. The van der Waals surface area contributed by atoms with Crippen molar-refractivity contribution < 1.29 is 4.42 Å². The van der Waals surface area contributed by atoms with Crippen LogP contribution in [0.15, 0.2) is 52.9 Å². The molecule has 0 aliphatic rings. The zero-order chi connectivity index (χ0) is 13.4. The molecule has 0 saturated heterocycles. The van der Waals surface area contributed by atoms with Crippen LogP contribution in [-0.2, 0) is 0 Å². The van der Waals surface area contributed by atoms with E-state index < -0.39 is 0 Å². The van der Waals surface area contributed by atoms with Gasteiger partial charge in [0.1, 0.15) is 11.3 Å². The molecule has 96 valence electrons. The molecular formula is C16H14ClNO. The van der Waals surface area contributed by atoms with E-state index >= 15 is 0 Å². The summed E-state index contributed by atoms with van der Waals surface area (Å²) in [7, 11) is 0. The summed E-state index contributed by atoms with van der Waals surface area (Å²) in [5.41, 5.74) is 8.65. The monoisotopic (exact) mass is 271 g/mol. The third-order valence-corrected chi connectivity index (χ3v) is 3.53. The summed E-state index contributed by atoms with van der Waals surface area (Å²) < 4.78 is 5.82. The van der Waals surface area contributed by atoms with Crippen LogP contribution >= 0.6 is 11.6 Å². The molecule has 3 aromatic rings. The van der Waals surface area contributed by atoms with E-state index in [0.717, 1.165) is 27.9 Å². The lowest BCUT2D eigenvalue weighted by Gasteiger charge is -2.08. The summed E-state index contributed by atoms with van der Waals surface area (Å²) >= 11 is 6.25. The molecule has 1 aromatic heterocycles. The highest BCUT2D eigenvalue weighted by Crippen LogP contribution is 2.31. The van der Waals surface area contributed by atoms with Gasteiger partial charge in [0.05, 0.1) is 0 Å². The lowest BCUT2D eigenvalue weighted by atomic mass is 10.1. The number of hydrogen-bond donors (Lipinski definition) is 1. The topological polar surface area (TPSA) is 39.2 Å². The smallest absolute Gasteiger partial charge is 0.135 e. The molecule has 0 aliphatic carbocycles. The normalized spacial score (nSPS) is 12.8. The Morgan fingerprint density at radius 3 is 2.58 bits per heavy atom. The number of nitrogens with two attached hydrogens (primary N) is 1. The van der Waals surface area contributed by atoms with Crippen molar-refractivity contribution in [1.29, 1.82) is 0 Å². The van der Waals surface area contributed by atoms with Crippen molar-refractivity contribution in [2.75, 3.05) is 0 Å².